The van der Waals surface area contributed by atoms with E-state index in [-0.39, 0.29) is 40.6 Å². The molecule has 0 bridgehead atoms. The van der Waals surface area contributed by atoms with Gasteiger partial charge < -0.3 is 2.85 Å². The van der Waals surface area contributed by atoms with E-state index < -0.39 is 0 Å². The minimum Gasteiger partial charge on any atom is -1.00 e. The first kappa shape index (κ1) is 17.3. The van der Waals surface area contributed by atoms with Gasteiger partial charge in [0.05, 0.1) is 0 Å². The van der Waals surface area contributed by atoms with Crippen LogP contribution in [0.15, 0.2) is 0 Å². The zero-order valence-corrected chi connectivity index (χ0v) is 4.96. The molecule has 0 aromatic heterocycles. The van der Waals surface area contributed by atoms with Gasteiger partial charge in [-0.1, -0.05) is 15.9 Å². The van der Waals surface area contributed by atoms with E-state index in [0.29, 0.717) is 0 Å². The summed E-state index contributed by atoms with van der Waals surface area (Å²) in [5, 5.41) is 0. The van der Waals surface area contributed by atoms with Gasteiger partial charge in [0, 0.05) is 0 Å². The molecule has 0 aliphatic rings. The van der Waals surface area contributed by atoms with Gasteiger partial charge in [0.15, 0.2) is 0 Å². The van der Waals surface area contributed by atoms with E-state index >= 15 is 0 Å². The van der Waals surface area contributed by atoms with Crippen molar-refractivity contribution in [2.45, 2.75) is 0 Å². The number of rotatable bonds is 0. The summed E-state index contributed by atoms with van der Waals surface area (Å²) in [6.45, 7) is 0. The normalized spacial score (nSPS) is 1.50. The average molecular weight is 111 g/mol. The predicted octanol–water partition coefficient (Wildman–Crippen LogP) is -4.76. The van der Waals surface area contributed by atoms with Crippen molar-refractivity contribution in [1.82, 2.24) is 0 Å². The van der Waals surface area contributed by atoms with Gasteiger partial charge >= 0.3 is 37.7 Å². The number of hydrogen-bond acceptors (Lipinski definition) is 0. The fourth-order valence-corrected chi connectivity index (χ4v) is 0. The summed E-state index contributed by atoms with van der Waals surface area (Å²) < 4.78 is 0. The molecule has 0 saturated heterocycles. The SMILES string of the molecule is CBr.[H-].[H-].[Li+].[Li+]. The summed E-state index contributed by atoms with van der Waals surface area (Å²) in [5.74, 6) is 1.81. The average Bonchev–Trinajstić information content (AvgIpc) is 1.00. The Labute approximate surface area is 62.2 Å². The Kier molecular flexibility index (Phi) is 97.5. The monoisotopic (exact) mass is 110 g/mol. The van der Waals surface area contributed by atoms with Gasteiger partial charge in [-0.25, -0.2) is 0 Å². The van der Waals surface area contributed by atoms with Gasteiger partial charge in [0.1, 0.15) is 0 Å². The summed E-state index contributed by atoms with van der Waals surface area (Å²) in [4.78, 5) is 0. The van der Waals surface area contributed by atoms with Crippen molar-refractivity contribution in [3.05, 3.63) is 0 Å². The zero-order chi connectivity index (χ0) is 2.00. The third kappa shape index (κ3) is 9.37. The van der Waals surface area contributed by atoms with Crippen LogP contribution in [-0.4, -0.2) is 5.83 Å². The van der Waals surface area contributed by atoms with Crippen molar-refractivity contribution >= 4 is 15.9 Å². The maximum atomic E-state index is 2.94. The molecule has 0 nitrogen and oxygen atoms in total. The quantitative estimate of drug-likeness (QED) is 0.217. The first-order valence-electron chi connectivity index (χ1n) is 0.378. The van der Waals surface area contributed by atoms with Crippen LogP contribution in [0.3, 0.4) is 0 Å². The molecule has 0 aliphatic heterocycles. The first-order valence-corrected chi connectivity index (χ1v) is 1.96. The second-order valence-electron chi connectivity index (χ2n) is 0. The van der Waals surface area contributed by atoms with Gasteiger partial charge in [0.25, 0.3) is 0 Å². The van der Waals surface area contributed by atoms with Crippen LogP contribution in [-0.2, 0) is 0 Å². The molecule has 3 heteroatoms. The molecule has 4 heavy (non-hydrogen) atoms. The second-order valence-corrected chi connectivity index (χ2v) is 0. The Morgan fingerprint density at radius 2 is 1.25 bits per heavy atom. The fraction of sp³-hybridized carbons (Fsp3) is 1.00. The molecule has 0 amide bonds. The van der Waals surface area contributed by atoms with Crippen molar-refractivity contribution in [3.63, 3.8) is 0 Å². The van der Waals surface area contributed by atoms with E-state index in [1.165, 1.54) is 0 Å². The molecule has 0 atom stereocenters. The Bertz CT molecular complexity index is 11.5. The van der Waals surface area contributed by atoms with Crippen LogP contribution in [0.2, 0.25) is 0 Å². The molecule has 0 saturated carbocycles. The molecule has 0 aliphatic carbocycles. The van der Waals surface area contributed by atoms with Crippen molar-refractivity contribution in [1.29, 1.82) is 0 Å². The van der Waals surface area contributed by atoms with E-state index in [1.807, 2.05) is 5.83 Å². The summed E-state index contributed by atoms with van der Waals surface area (Å²) >= 11 is 2.94. The van der Waals surface area contributed by atoms with Gasteiger partial charge in [-0.05, 0) is 5.83 Å². The third-order valence-corrected chi connectivity index (χ3v) is 0. The Morgan fingerprint density at radius 3 is 1.25 bits per heavy atom. The third-order valence-electron chi connectivity index (χ3n) is 0. The standard InChI is InChI=1S/CH3Br.2Li.2H/c1-2;;;;/h1H3;;;;/q;2*+1;2*-1. The van der Waals surface area contributed by atoms with Gasteiger partial charge in [0.2, 0.25) is 0 Å². The maximum absolute atomic E-state index is 2.94. The van der Waals surface area contributed by atoms with Crippen molar-refractivity contribution < 1.29 is 40.6 Å². The molecule has 0 N–H and O–H groups in total. The molecule has 0 fully saturated rings. The Balaban J connectivity index is -0.000000000833. The summed E-state index contributed by atoms with van der Waals surface area (Å²) in [6, 6.07) is 0. The molecule has 0 radical (unpaired) electrons. The van der Waals surface area contributed by atoms with Gasteiger partial charge in [-0.3, -0.25) is 0 Å². The molecule has 0 unspecified atom stereocenters. The zero-order valence-electron chi connectivity index (χ0n) is 5.38. The van der Waals surface area contributed by atoms with Crippen molar-refractivity contribution in [3.8, 4) is 0 Å². The molecule has 0 spiro atoms. The van der Waals surface area contributed by atoms with E-state index in [4.69, 9.17) is 0 Å². The Morgan fingerprint density at radius 1 is 1.25 bits per heavy atom. The van der Waals surface area contributed by atoms with Crippen LogP contribution in [0.1, 0.15) is 2.85 Å². The van der Waals surface area contributed by atoms with Crippen LogP contribution in [0, 0.1) is 0 Å². The first-order chi connectivity index (χ1) is 1.00. The molecule has 0 aromatic rings. The molecular formula is CH5BrLi2. The van der Waals surface area contributed by atoms with E-state index in [1.54, 1.807) is 0 Å². The number of halogens is 1. The predicted molar refractivity (Wildman–Crippen MR) is 17.1 cm³/mol. The summed E-state index contributed by atoms with van der Waals surface area (Å²) in [6.07, 6.45) is 0. The van der Waals surface area contributed by atoms with E-state index in [0.717, 1.165) is 0 Å². The topological polar surface area (TPSA) is 0 Å². The van der Waals surface area contributed by atoms with Crippen LogP contribution in [0.4, 0.5) is 0 Å². The summed E-state index contributed by atoms with van der Waals surface area (Å²) in [5.41, 5.74) is 0. The molecule has 0 rings (SSSR count). The smallest absolute Gasteiger partial charge is 1.00 e. The van der Waals surface area contributed by atoms with Crippen LogP contribution < -0.4 is 37.7 Å². The van der Waals surface area contributed by atoms with Crippen LogP contribution >= 0.6 is 15.9 Å². The largest absolute Gasteiger partial charge is 1.00 e. The van der Waals surface area contributed by atoms with Crippen molar-refractivity contribution in [2.24, 2.45) is 0 Å². The number of hydrogen-bond donors (Lipinski definition) is 0. The second kappa shape index (κ2) is 22.5. The van der Waals surface area contributed by atoms with Crippen LogP contribution in [0.5, 0.6) is 0 Å². The van der Waals surface area contributed by atoms with Crippen LogP contribution in [0.25, 0.3) is 0 Å². The fourth-order valence-electron chi connectivity index (χ4n) is 0. The summed E-state index contributed by atoms with van der Waals surface area (Å²) in [7, 11) is 0. The molecule has 0 aromatic carbocycles. The van der Waals surface area contributed by atoms with E-state index in [2.05, 4.69) is 15.9 Å². The van der Waals surface area contributed by atoms with Gasteiger partial charge in [-0.15, -0.1) is 0 Å². The minimum atomic E-state index is 0. The maximum Gasteiger partial charge on any atom is 1.00 e. The van der Waals surface area contributed by atoms with Crippen molar-refractivity contribution in [2.75, 3.05) is 5.83 Å². The molecular weight excluding hydrogens is 106 g/mol. The minimum absolute atomic E-state index is 0. The molecule has 18 valence electrons. The number of alkyl halides is 1. The molecule has 0 heterocycles. The Hall–Kier alpha value is 1.67. The van der Waals surface area contributed by atoms with Gasteiger partial charge in [-0.2, -0.15) is 0 Å². The van der Waals surface area contributed by atoms with E-state index in [9.17, 15) is 0 Å².